The van der Waals surface area contributed by atoms with Crippen LogP contribution in [0.15, 0.2) is 30.6 Å². The second kappa shape index (κ2) is 5.81. The highest BCUT2D eigenvalue weighted by atomic mass is 19.4. The lowest BCUT2D eigenvalue weighted by Gasteiger charge is -2.09. The SMILES string of the molecule is Cn1cnnc1-c1ccc(NC(=O)OCC(F)(F)F)cc1. The van der Waals surface area contributed by atoms with E-state index in [1.54, 1.807) is 23.7 Å². The van der Waals surface area contributed by atoms with Crippen molar-refractivity contribution in [3.63, 3.8) is 0 Å². The fraction of sp³-hybridized carbons (Fsp3) is 0.250. The molecule has 0 bridgehead atoms. The molecule has 1 amide bonds. The number of ether oxygens (including phenoxy) is 1. The molecular weight excluding hydrogens is 289 g/mol. The summed E-state index contributed by atoms with van der Waals surface area (Å²) in [4.78, 5) is 11.2. The first-order valence-electron chi connectivity index (χ1n) is 5.80. The number of alkyl halides is 3. The number of aromatic nitrogens is 3. The van der Waals surface area contributed by atoms with Crippen LogP contribution in [-0.4, -0.2) is 33.6 Å². The molecule has 1 heterocycles. The van der Waals surface area contributed by atoms with E-state index in [1.807, 2.05) is 0 Å². The van der Waals surface area contributed by atoms with Crippen LogP contribution in [0.25, 0.3) is 11.4 Å². The normalized spacial score (nSPS) is 11.2. The van der Waals surface area contributed by atoms with E-state index in [-0.39, 0.29) is 0 Å². The highest BCUT2D eigenvalue weighted by Crippen LogP contribution is 2.19. The molecule has 112 valence electrons. The fourth-order valence-electron chi connectivity index (χ4n) is 1.55. The van der Waals surface area contributed by atoms with Crippen molar-refractivity contribution in [2.75, 3.05) is 11.9 Å². The average molecular weight is 300 g/mol. The molecule has 1 N–H and O–H groups in total. The third-order valence-corrected chi connectivity index (χ3v) is 2.47. The monoisotopic (exact) mass is 300 g/mol. The van der Waals surface area contributed by atoms with Crippen molar-refractivity contribution in [1.29, 1.82) is 0 Å². The van der Waals surface area contributed by atoms with E-state index in [0.717, 1.165) is 5.56 Å². The van der Waals surface area contributed by atoms with Crippen LogP contribution in [0.1, 0.15) is 0 Å². The zero-order valence-corrected chi connectivity index (χ0v) is 10.9. The van der Waals surface area contributed by atoms with Gasteiger partial charge < -0.3 is 9.30 Å². The number of aryl methyl sites for hydroxylation is 1. The minimum absolute atomic E-state index is 0.313. The van der Waals surface area contributed by atoms with Gasteiger partial charge in [0.25, 0.3) is 0 Å². The number of hydrogen-bond acceptors (Lipinski definition) is 4. The Hall–Kier alpha value is -2.58. The number of halogens is 3. The molecule has 9 heteroatoms. The highest BCUT2D eigenvalue weighted by Gasteiger charge is 2.29. The molecule has 0 fully saturated rings. The molecule has 1 aromatic carbocycles. The molecule has 6 nitrogen and oxygen atoms in total. The number of carbonyl (C=O) groups is 1. The van der Waals surface area contributed by atoms with E-state index in [1.165, 1.54) is 18.5 Å². The van der Waals surface area contributed by atoms with Gasteiger partial charge in [0.1, 0.15) is 6.33 Å². The van der Waals surface area contributed by atoms with Crippen molar-refractivity contribution in [1.82, 2.24) is 14.8 Å². The van der Waals surface area contributed by atoms with E-state index < -0.39 is 18.9 Å². The molecule has 21 heavy (non-hydrogen) atoms. The number of hydrogen-bond donors (Lipinski definition) is 1. The summed E-state index contributed by atoms with van der Waals surface area (Å²) in [5.74, 6) is 0.626. The average Bonchev–Trinajstić information content (AvgIpc) is 2.83. The van der Waals surface area contributed by atoms with Crippen molar-refractivity contribution in [3.8, 4) is 11.4 Å². The van der Waals surface area contributed by atoms with Gasteiger partial charge >= 0.3 is 12.3 Å². The number of rotatable bonds is 3. The Morgan fingerprint density at radius 1 is 1.33 bits per heavy atom. The molecular formula is C12H11F3N4O2. The molecule has 2 rings (SSSR count). The Labute approximate surface area is 117 Å². The third-order valence-electron chi connectivity index (χ3n) is 2.47. The maximum atomic E-state index is 11.9. The van der Waals surface area contributed by atoms with Crippen LogP contribution in [0.4, 0.5) is 23.7 Å². The van der Waals surface area contributed by atoms with E-state index in [2.05, 4.69) is 20.3 Å². The molecule has 0 atom stereocenters. The van der Waals surface area contributed by atoms with Crippen molar-refractivity contribution in [3.05, 3.63) is 30.6 Å². The standard InChI is InChI=1S/C12H11F3N4O2/c1-19-7-16-18-10(19)8-2-4-9(5-3-8)17-11(20)21-6-12(13,14)15/h2-5,7H,6H2,1H3,(H,17,20). The lowest BCUT2D eigenvalue weighted by molar-refractivity contribution is -0.159. The summed E-state index contributed by atoms with van der Waals surface area (Å²) in [6.07, 6.45) is -4.18. The van der Waals surface area contributed by atoms with E-state index in [0.29, 0.717) is 11.5 Å². The first-order chi connectivity index (χ1) is 9.85. The zero-order chi connectivity index (χ0) is 15.5. The molecule has 0 aliphatic carbocycles. The Morgan fingerprint density at radius 3 is 2.52 bits per heavy atom. The third kappa shape index (κ3) is 4.20. The smallest absolute Gasteiger partial charge is 0.422 e. The Morgan fingerprint density at radius 2 is 2.00 bits per heavy atom. The summed E-state index contributed by atoms with van der Waals surface area (Å²) in [5.41, 5.74) is 1.07. The number of nitrogens with one attached hydrogen (secondary N) is 1. The quantitative estimate of drug-likeness (QED) is 0.946. The van der Waals surface area contributed by atoms with Crippen LogP contribution in [0, 0.1) is 0 Å². The van der Waals surface area contributed by atoms with Crippen LogP contribution >= 0.6 is 0 Å². The predicted molar refractivity (Wildman–Crippen MR) is 67.5 cm³/mol. The number of anilines is 1. The summed E-state index contributed by atoms with van der Waals surface area (Å²) in [6.45, 7) is -1.63. The topological polar surface area (TPSA) is 69.0 Å². The second-order valence-corrected chi connectivity index (χ2v) is 4.16. The predicted octanol–water partition coefficient (Wildman–Crippen LogP) is 2.59. The highest BCUT2D eigenvalue weighted by molar-refractivity contribution is 5.84. The summed E-state index contributed by atoms with van der Waals surface area (Å²) in [7, 11) is 1.77. The van der Waals surface area contributed by atoms with E-state index in [4.69, 9.17) is 0 Å². The van der Waals surface area contributed by atoms with Crippen molar-refractivity contribution in [2.24, 2.45) is 7.05 Å². The van der Waals surface area contributed by atoms with Crippen molar-refractivity contribution >= 4 is 11.8 Å². The molecule has 2 aromatic rings. The van der Waals surface area contributed by atoms with Crippen LogP contribution in [0.2, 0.25) is 0 Å². The van der Waals surface area contributed by atoms with Gasteiger partial charge in [0.15, 0.2) is 12.4 Å². The van der Waals surface area contributed by atoms with Gasteiger partial charge in [-0.1, -0.05) is 0 Å². The molecule has 0 spiro atoms. The summed E-state index contributed by atoms with van der Waals surface area (Å²) >= 11 is 0. The van der Waals surface area contributed by atoms with Gasteiger partial charge in [-0.25, -0.2) is 4.79 Å². The first kappa shape index (κ1) is 14.8. The van der Waals surface area contributed by atoms with Gasteiger partial charge in [-0.05, 0) is 24.3 Å². The number of amides is 1. The minimum Gasteiger partial charge on any atom is -0.440 e. The van der Waals surface area contributed by atoms with Crippen molar-refractivity contribution in [2.45, 2.75) is 6.18 Å². The van der Waals surface area contributed by atoms with E-state index in [9.17, 15) is 18.0 Å². The van der Waals surface area contributed by atoms with Crippen LogP contribution in [0.5, 0.6) is 0 Å². The summed E-state index contributed by atoms with van der Waals surface area (Å²) in [5, 5.41) is 9.84. The second-order valence-electron chi connectivity index (χ2n) is 4.16. The maximum Gasteiger partial charge on any atom is 0.422 e. The van der Waals surface area contributed by atoms with Crippen LogP contribution in [-0.2, 0) is 11.8 Å². The Balaban J connectivity index is 1.97. The van der Waals surface area contributed by atoms with Crippen LogP contribution in [0.3, 0.4) is 0 Å². The summed E-state index contributed by atoms with van der Waals surface area (Å²) < 4.78 is 41.4. The fourth-order valence-corrected chi connectivity index (χ4v) is 1.55. The number of benzene rings is 1. The van der Waals surface area contributed by atoms with E-state index >= 15 is 0 Å². The molecule has 1 aromatic heterocycles. The van der Waals surface area contributed by atoms with Gasteiger partial charge in [-0.15, -0.1) is 10.2 Å². The van der Waals surface area contributed by atoms with Gasteiger partial charge in [-0.2, -0.15) is 13.2 Å². The molecule has 0 aliphatic heterocycles. The maximum absolute atomic E-state index is 11.9. The number of carbonyl (C=O) groups excluding carboxylic acids is 1. The van der Waals surface area contributed by atoms with Gasteiger partial charge in [0, 0.05) is 18.3 Å². The van der Waals surface area contributed by atoms with Crippen LogP contribution < -0.4 is 5.32 Å². The molecule has 0 unspecified atom stereocenters. The zero-order valence-electron chi connectivity index (χ0n) is 10.9. The summed E-state index contributed by atoms with van der Waals surface area (Å²) in [6, 6.07) is 6.37. The number of nitrogens with zero attached hydrogens (tertiary/aromatic N) is 3. The Kier molecular flexibility index (Phi) is 4.10. The lowest BCUT2D eigenvalue weighted by Crippen LogP contribution is -2.23. The molecule has 0 saturated heterocycles. The Bertz CT molecular complexity index is 622. The van der Waals surface area contributed by atoms with Gasteiger partial charge in [0.05, 0.1) is 0 Å². The van der Waals surface area contributed by atoms with Gasteiger partial charge in [0.2, 0.25) is 0 Å². The minimum atomic E-state index is -4.55. The molecule has 0 aliphatic rings. The first-order valence-corrected chi connectivity index (χ1v) is 5.80. The lowest BCUT2D eigenvalue weighted by atomic mass is 10.2. The molecule has 0 saturated carbocycles. The largest absolute Gasteiger partial charge is 0.440 e. The molecule has 0 radical (unpaired) electrons. The van der Waals surface area contributed by atoms with Gasteiger partial charge in [-0.3, -0.25) is 5.32 Å². The van der Waals surface area contributed by atoms with Crippen molar-refractivity contribution < 1.29 is 22.7 Å².